The number of aliphatic imine (C=N–C) groups is 2. The van der Waals surface area contributed by atoms with E-state index in [4.69, 9.17) is 4.99 Å². The Morgan fingerprint density at radius 1 is 1.05 bits per heavy atom. The fraction of sp³-hybridized carbons (Fsp3) is 0.172. The van der Waals surface area contributed by atoms with Gasteiger partial charge in [-0.2, -0.15) is 0 Å². The van der Waals surface area contributed by atoms with Gasteiger partial charge in [-0.1, -0.05) is 43.5 Å². The van der Waals surface area contributed by atoms with Crippen LogP contribution in [0.2, 0.25) is 0 Å². The van der Waals surface area contributed by atoms with Crippen LogP contribution >= 0.6 is 0 Å². The maximum Gasteiger partial charge on any atom is 0.247 e. The van der Waals surface area contributed by atoms with Crippen molar-refractivity contribution in [2.24, 2.45) is 9.98 Å². The number of piperazine rings is 1. The predicted octanol–water partition coefficient (Wildman–Crippen LogP) is 4.49. The van der Waals surface area contributed by atoms with Crippen molar-refractivity contribution in [2.45, 2.75) is 6.42 Å². The summed E-state index contributed by atoms with van der Waals surface area (Å²) in [5.41, 5.74) is 5.18. The van der Waals surface area contributed by atoms with E-state index in [0.717, 1.165) is 34.8 Å². The summed E-state index contributed by atoms with van der Waals surface area (Å²) in [5.74, 6) is 0.256. The number of hydrogen-bond acceptors (Lipinski definition) is 4. The van der Waals surface area contributed by atoms with Crippen molar-refractivity contribution in [1.29, 1.82) is 0 Å². The first-order chi connectivity index (χ1) is 18.0. The molecule has 2 aromatic carbocycles. The van der Waals surface area contributed by atoms with Crippen molar-refractivity contribution in [1.82, 2.24) is 4.90 Å². The van der Waals surface area contributed by atoms with Crippen LogP contribution in [0, 0.1) is 0 Å². The number of guanidine groups is 1. The lowest BCUT2D eigenvalue weighted by molar-refractivity contribution is -0.129. The molecule has 1 saturated heterocycles. The number of amides is 2. The molecule has 8 nitrogen and oxygen atoms in total. The van der Waals surface area contributed by atoms with Crippen LogP contribution in [0.1, 0.15) is 12.0 Å². The van der Waals surface area contributed by atoms with Crippen LogP contribution < -0.4 is 15.5 Å². The second-order valence-electron chi connectivity index (χ2n) is 8.59. The minimum Gasteiger partial charge on any atom is -0.360 e. The summed E-state index contributed by atoms with van der Waals surface area (Å²) in [6, 6.07) is 15.5. The lowest BCUT2D eigenvalue weighted by atomic mass is 9.95. The quantitative estimate of drug-likeness (QED) is 0.352. The Kier molecular flexibility index (Phi) is 8.10. The summed E-state index contributed by atoms with van der Waals surface area (Å²) in [7, 11) is 1.83. The molecule has 1 aliphatic carbocycles. The van der Waals surface area contributed by atoms with Crippen LogP contribution in [-0.4, -0.2) is 55.1 Å². The van der Waals surface area contributed by atoms with Crippen LogP contribution in [0.4, 0.5) is 17.1 Å². The topological polar surface area (TPSA) is 89.4 Å². The molecule has 0 radical (unpaired) electrons. The molecule has 0 bridgehead atoms. The number of anilines is 3. The molecule has 2 N–H and O–H groups in total. The molecule has 0 unspecified atom stereocenters. The second kappa shape index (κ2) is 11.8. The average Bonchev–Trinajstić information content (AvgIpc) is 2.91. The van der Waals surface area contributed by atoms with Gasteiger partial charge in [-0.05, 0) is 48.0 Å². The van der Waals surface area contributed by atoms with E-state index in [2.05, 4.69) is 33.7 Å². The Balaban J connectivity index is 1.52. The van der Waals surface area contributed by atoms with Crippen molar-refractivity contribution in [3.63, 3.8) is 0 Å². The second-order valence-corrected chi connectivity index (χ2v) is 8.59. The molecule has 37 heavy (non-hydrogen) atoms. The molecule has 4 rings (SSSR count). The van der Waals surface area contributed by atoms with Crippen LogP contribution in [0.5, 0.6) is 0 Å². The van der Waals surface area contributed by atoms with Crippen molar-refractivity contribution in [2.75, 3.05) is 42.2 Å². The number of rotatable bonds is 6. The Bertz CT molecular complexity index is 1320. The number of benzene rings is 2. The van der Waals surface area contributed by atoms with E-state index in [-0.39, 0.29) is 11.8 Å². The molecule has 0 atom stereocenters. The SMILES string of the molecule is C=CN=C(N=C1CC=CC=C1c1cccc(NC(=O)C=C)c1)Nc1ccc(N2CCN(C)C(=O)C2)cc1. The molecule has 188 valence electrons. The molecule has 0 saturated carbocycles. The van der Waals surface area contributed by atoms with Crippen LogP contribution in [0.3, 0.4) is 0 Å². The molecule has 2 amide bonds. The Hall–Kier alpha value is -4.72. The highest BCUT2D eigenvalue weighted by Crippen LogP contribution is 2.25. The fourth-order valence-corrected chi connectivity index (χ4v) is 4.04. The number of carbonyl (C=O) groups is 2. The first-order valence-corrected chi connectivity index (χ1v) is 12.0. The van der Waals surface area contributed by atoms with Crippen molar-refractivity contribution in [3.05, 3.63) is 97.8 Å². The largest absolute Gasteiger partial charge is 0.360 e. The Morgan fingerprint density at radius 3 is 2.59 bits per heavy atom. The highest BCUT2D eigenvalue weighted by Gasteiger charge is 2.21. The Labute approximate surface area is 217 Å². The number of carbonyl (C=O) groups excluding carboxylic acids is 2. The molecule has 1 fully saturated rings. The van der Waals surface area contributed by atoms with Crippen molar-refractivity contribution in [3.8, 4) is 0 Å². The minimum atomic E-state index is -0.265. The van der Waals surface area contributed by atoms with Gasteiger partial charge in [-0.25, -0.2) is 9.98 Å². The van der Waals surface area contributed by atoms with E-state index in [1.54, 1.807) is 4.90 Å². The van der Waals surface area contributed by atoms with E-state index >= 15 is 0 Å². The van der Waals surface area contributed by atoms with E-state index < -0.39 is 0 Å². The summed E-state index contributed by atoms with van der Waals surface area (Å²) in [6.07, 6.45) is 9.33. The van der Waals surface area contributed by atoms with E-state index in [1.807, 2.05) is 73.8 Å². The molecular weight excluding hydrogens is 464 g/mol. The molecule has 2 aromatic rings. The first kappa shape index (κ1) is 25.4. The summed E-state index contributed by atoms with van der Waals surface area (Å²) < 4.78 is 0. The first-order valence-electron chi connectivity index (χ1n) is 12.0. The normalized spacial score (nSPS) is 16.9. The lowest BCUT2D eigenvalue weighted by Gasteiger charge is -2.33. The summed E-state index contributed by atoms with van der Waals surface area (Å²) >= 11 is 0. The average molecular weight is 495 g/mol. The fourth-order valence-electron chi connectivity index (χ4n) is 4.04. The van der Waals surface area contributed by atoms with Gasteiger partial charge < -0.3 is 20.4 Å². The Morgan fingerprint density at radius 2 is 1.86 bits per heavy atom. The van der Waals surface area contributed by atoms with Crippen LogP contribution in [-0.2, 0) is 9.59 Å². The van der Waals surface area contributed by atoms with Gasteiger partial charge in [0.25, 0.3) is 0 Å². The summed E-state index contributed by atoms with van der Waals surface area (Å²) in [5, 5.41) is 6.06. The van der Waals surface area contributed by atoms with Gasteiger partial charge in [0.2, 0.25) is 17.8 Å². The van der Waals surface area contributed by atoms with Gasteiger partial charge in [0.15, 0.2) is 0 Å². The third-order valence-electron chi connectivity index (χ3n) is 6.05. The molecule has 0 aromatic heterocycles. The van der Waals surface area contributed by atoms with Crippen molar-refractivity contribution < 1.29 is 9.59 Å². The number of hydrogen-bond donors (Lipinski definition) is 2. The maximum absolute atomic E-state index is 12.1. The number of nitrogens with zero attached hydrogens (tertiary/aromatic N) is 4. The smallest absolute Gasteiger partial charge is 0.247 e. The lowest BCUT2D eigenvalue weighted by Crippen LogP contribution is -2.48. The molecular formula is C29H30N6O2. The van der Waals surface area contributed by atoms with Crippen LogP contribution in [0.15, 0.2) is 102 Å². The van der Waals surface area contributed by atoms with E-state index in [0.29, 0.717) is 31.2 Å². The number of allylic oxidation sites excluding steroid dienone is 4. The number of likely N-dealkylation sites (N-methyl/N-ethyl adjacent to an activating group) is 1. The monoisotopic (exact) mass is 494 g/mol. The van der Waals surface area contributed by atoms with Gasteiger partial charge in [0.1, 0.15) is 0 Å². The zero-order valence-electron chi connectivity index (χ0n) is 20.9. The number of nitrogens with one attached hydrogen (secondary N) is 2. The molecule has 8 heteroatoms. The minimum absolute atomic E-state index is 0.115. The zero-order valence-corrected chi connectivity index (χ0v) is 20.9. The van der Waals surface area contributed by atoms with Gasteiger partial charge in [-0.15, -0.1) is 0 Å². The van der Waals surface area contributed by atoms with E-state index in [9.17, 15) is 9.59 Å². The van der Waals surface area contributed by atoms with Gasteiger partial charge in [0, 0.05) is 55.4 Å². The highest BCUT2D eigenvalue weighted by atomic mass is 16.2. The predicted molar refractivity (Wildman–Crippen MR) is 152 cm³/mol. The summed E-state index contributed by atoms with van der Waals surface area (Å²) in [4.78, 5) is 36.8. The third-order valence-corrected chi connectivity index (χ3v) is 6.05. The zero-order chi connectivity index (χ0) is 26.2. The van der Waals surface area contributed by atoms with Gasteiger partial charge >= 0.3 is 0 Å². The standard InChI is InChI=1S/C29H30N6O2/c1-4-27(36)31-23-10-8-9-21(19-23)25-11-6-7-12-26(25)33-29(30-5-2)32-22-13-15-24(16-14-22)35-18-17-34(3)28(37)20-35/h4-11,13-16,19H,1-2,12,17-18,20H2,3H3,(H,30,32)(H,31,36). The molecule has 1 heterocycles. The third kappa shape index (κ3) is 6.49. The van der Waals surface area contributed by atoms with Crippen molar-refractivity contribution >= 4 is 46.1 Å². The van der Waals surface area contributed by atoms with E-state index in [1.165, 1.54) is 12.3 Å². The van der Waals surface area contributed by atoms with Gasteiger partial charge in [-0.3, -0.25) is 9.59 Å². The van der Waals surface area contributed by atoms with Gasteiger partial charge in [0.05, 0.1) is 12.3 Å². The van der Waals surface area contributed by atoms with Crippen LogP contribution in [0.25, 0.3) is 5.57 Å². The summed E-state index contributed by atoms with van der Waals surface area (Å²) in [6.45, 7) is 9.12. The molecule has 0 spiro atoms. The molecule has 1 aliphatic heterocycles. The maximum atomic E-state index is 12.1. The highest BCUT2D eigenvalue weighted by molar-refractivity contribution is 6.28. The molecule has 2 aliphatic rings.